The number of hydrogen-bond acceptors (Lipinski definition) is 9. The van der Waals surface area contributed by atoms with Crippen molar-refractivity contribution in [2.45, 2.75) is 75.4 Å². The lowest BCUT2D eigenvalue weighted by Gasteiger charge is -2.58. The van der Waals surface area contributed by atoms with Crippen LogP contribution in [0.2, 0.25) is 0 Å². The second-order valence-corrected chi connectivity index (χ2v) is 15.2. The molecule has 276 valence electrons. The minimum Gasteiger partial charge on any atom is -0.460 e. The summed E-state index contributed by atoms with van der Waals surface area (Å²) in [5.41, 5.74) is 4.65. The van der Waals surface area contributed by atoms with Crippen molar-refractivity contribution in [2.75, 3.05) is 25.6 Å². The van der Waals surface area contributed by atoms with Crippen LogP contribution in [0.15, 0.2) is 102 Å². The van der Waals surface area contributed by atoms with Crippen molar-refractivity contribution in [1.82, 2.24) is 0 Å². The molecule has 0 unspecified atom stereocenters. The number of nitrogens with zero attached hydrogens (tertiary/aromatic N) is 1. The van der Waals surface area contributed by atoms with Crippen molar-refractivity contribution in [3.05, 3.63) is 114 Å². The predicted octanol–water partition coefficient (Wildman–Crippen LogP) is 8.88. The predicted molar refractivity (Wildman–Crippen MR) is 206 cm³/mol. The Hall–Kier alpha value is -3.89. The molecule has 2 aliphatic carbocycles. The van der Waals surface area contributed by atoms with Crippen LogP contribution in [0.25, 0.3) is 0 Å². The molecule has 0 bridgehead atoms. The van der Waals surface area contributed by atoms with E-state index in [-0.39, 0.29) is 42.1 Å². The molecule has 6 rings (SSSR count). The third-order valence-corrected chi connectivity index (χ3v) is 11.7. The number of aliphatic hydroxyl groups excluding tert-OH is 2. The third-order valence-electron chi connectivity index (χ3n) is 10.5. The van der Waals surface area contributed by atoms with Crippen LogP contribution >= 0.6 is 11.8 Å². The van der Waals surface area contributed by atoms with E-state index >= 15 is 0 Å². The first-order valence-electron chi connectivity index (χ1n) is 18.6. The van der Waals surface area contributed by atoms with E-state index in [0.717, 1.165) is 78.7 Å². The average molecular weight is 726 g/mol. The molecule has 3 aromatic carbocycles. The Labute approximate surface area is 311 Å². The van der Waals surface area contributed by atoms with Gasteiger partial charge in [-0.15, -0.1) is 6.58 Å². The highest BCUT2D eigenvalue weighted by Crippen LogP contribution is 2.62. The lowest BCUT2D eigenvalue weighted by Crippen LogP contribution is -2.64. The number of benzene rings is 3. The van der Waals surface area contributed by atoms with Gasteiger partial charge in [-0.05, 0) is 84.7 Å². The van der Waals surface area contributed by atoms with E-state index in [9.17, 15) is 15.0 Å². The molecule has 1 aliphatic heterocycles. The zero-order valence-corrected chi connectivity index (χ0v) is 30.8. The fourth-order valence-corrected chi connectivity index (χ4v) is 9.46. The number of unbranched alkanes of at least 4 members (excludes halogenated alkanes) is 2. The van der Waals surface area contributed by atoms with Gasteiger partial charge in [0.25, 0.3) is 0 Å². The van der Waals surface area contributed by atoms with Crippen LogP contribution in [0, 0.1) is 17.8 Å². The lowest BCUT2D eigenvalue weighted by atomic mass is 9.56. The Kier molecular flexibility index (Phi) is 13.3. The molecule has 0 amide bonds. The molecule has 0 radical (unpaired) electrons. The van der Waals surface area contributed by atoms with Crippen LogP contribution in [-0.4, -0.2) is 58.8 Å². The average Bonchev–Trinajstić information content (AvgIpc) is 3.17. The number of fused-ring (bicyclic) bond motifs is 2. The number of aldehydes is 1. The molecule has 1 saturated carbocycles. The number of oxime groups is 1. The zero-order valence-electron chi connectivity index (χ0n) is 30.0. The van der Waals surface area contributed by atoms with Crippen molar-refractivity contribution in [1.29, 1.82) is 0 Å². The minimum absolute atomic E-state index is 0.0316. The Balaban J connectivity index is 1.50. The monoisotopic (exact) mass is 725 g/mol. The molecule has 1 fully saturated rings. The molecule has 1 heterocycles. The highest BCUT2D eigenvalue weighted by Gasteiger charge is 2.63. The molecule has 3 aliphatic rings. The topological polar surface area (TPSA) is 107 Å². The van der Waals surface area contributed by atoms with Crippen LogP contribution in [-0.2, 0) is 16.2 Å². The van der Waals surface area contributed by atoms with Gasteiger partial charge in [-0.2, -0.15) is 11.8 Å². The van der Waals surface area contributed by atoms with Gasteiger partial charge in [0, 0.05) is 36.7 Å². The summed E-state index contributed by atoms with van der Waals surface area (Å²) in [6, 6.07) is 23.2. The standard InChI is InChI=1S/C43H51NO7S/c1-3-23-48-43-40(52-4-2)27-38(44-49-29-30-13-6-5-7-14-30)36-25-32(16-8-10-21-45)35(18-9-11-22-46)41(42(36)43)37-26-34(19-20-39(37)51-43)50-33-17-12-15-31(24-33)28-47/h3,5-7,12-15,17,19-20,24-26,28,32,35,40-42,45-46H,1,4,8-11,16,18,21-23,27,29H2,2H3/t32-,35+,40-,41+,42+,43+/m0/s1. The van der Waals surface area contributed by atoms with Gasteiger partial charge in [-0.1, -0.05) is 79.5 Å². The van der Waals surface area contributed by atoms with Crippen LogP contribution < -0.4 is 9.47 Å². The molecule has 2 N–H and O–H groups in total. The molecule has 3 aromatic rings. The van der Waals surface area contributed by atoms with Gasteiger partial charge in [-0.25, -0.2) is 0 Å². The first kappa shape index (κ1) is 37.9. The largest absolute Gasteiger partial charge is 0.460 e. The quantitative estimate of drug-likeness (QED) is 0.0547. The number of aliphatic hydroxyl groups is 2. The molecular formula is C43H51NO7S. The maximum atomic E-state index is 11.5. The fourth-order valence-electron chi connectivity index (χ4n) is 8.29. The van der Waals surface area contributed by atoms with Crippen LogP contribution in [0.4, 0.5) is 0 Å². The summed E-state index contributed by atoms with van der Waals surface area (Å²) in [6.45, 7) is 7.16. The van der Waals surface area contributed by atoms with E-state index in [0.29, 0.717) is 36.7 Å². The van der Waals surface area contributed by atoms with Gasteiger partial charge in [0.1, 0.15) is 30.1 Å². The molecule has 6 atom stereocenters. The first-order valence-corrected chi connectivity index (χ1v) is 19.7. The second kappa shape index (κ2) is 18.2. The van der Waals surface area contributed by atoms with Crippen molar-refractivity contribution < 1.29 is 34.1 Å². The summed E-state index contributed by atoms with van der Waals surface area (Å²) in [5, 5.41) is 24.4. The molecule has 9 heteroatoms. The number of carbonyl (C=O) groups excluding carboxylic acids is 1. The Morgan fingerprint density at radius 3 is 2.52 bits per heavy atom. The molecule has 8 nitrogen and oxygen atoms in total. The third kappa shape index (κ3) is 8.33. The van der Waals surface area contributed by atoms with Crippen LogP contribution in [0.1, 0.15) is 79.3 Å². The number of thioether (sulfide) groups is 1. The molecular weight excluding hydrogens is 675 g/mol. The molecule has 0 spiro atoms. The van der Waals surface area contributed by atoms with Crippen molar-refractivity contribution in [2.24, 2.45) is 22.9 Å². The van der Waals surface area contributed by atoms with Gasteiger partial charge < -0.3 is 29.3 Å². The molecule has 52 heavy (non-hydrogen) atoms. The summed E-state index contributed by atoms with van der Waals surface area (Å²) in [4.78, 5) is 17.6. The number of rotatable bonds is 19. The van der Waals surface area contributed by atoms with Gasteiger partial charge >= 0.3 is 0 Å². The van der Waals surface area contributed by atoms with Crippen molar-refractivity contribution in [3.63, 3.8) is 0 Å². The fraction of sp³-hybridized carbons (Fsp3) is 0.442. The number of ether oxygens (including phenoxy) is 3. The van der Waals surface area contributed by atoms with Crippen LogP contribution in [0.5, 0.6) is 17.2 Å². The summed E-state index contributed by atoms with van der Waals surface area (Å²) in [5.74, 6) is 2.01. The van der Waals surface area contributed by atoms with E-state index in [1.54, 1.807) is 18.2 Å². The lowest BCUT2D eigenvalue weighted by molar-refractivity contribution is -0.223. The normalized spacial score (nSPS) is 25.3. The smallest absolute Gasteiger partial charge is 0.230 e. The second-order valence-electron chi connectivity index (χ2n) is 13.8. The highest BCUT2D eigenvalue weighted by atomic mass is 32.2. The van der Waals surface area contributed by atoms with Gasteiger partial charge in [0.15, 0.2) is 0 Å². The number of carbonyl (C=O) groups is 1. The zero-order chi connectivity index (χ0) is 36.3. The Morgan fingerprint density at radius 2 is 1.77 bits per heavy atom. The number of allylic oxidation sites excluding steroid dienone is 1. The summed E-state index contributed by atoms with van der Waals surface area (Å²) in [6.07, 6.45) is 10.7. The summed E-state index contributed by atoms with van der Waals surface area (Å²) in [7, 11) is 0. The van der Waals surface area contributed by atoms with Crippen molar-refractivity contribution in [3.8, 4) is 17.2 Å². The van der Waals surface area contributed by atoms with Gasteiger partial charge in [0.2, 0.25) is 5.79 Å². The van der Waals surface area contributed by atoms with E-state index in [1.165, 1.54) is 0 Å². The SMILES string of the molecule is C=CCO[C@@]12Oc3ccc(Oc4cccc(C=O)c4)cc3[C@H]3[C@H](CCCCO)[C@@H](CCCCO)C=C(C(=NOCc4ccccc4)C[C@@H]1SCC)[C@H]32. The molecule has 0 saturated heterocycles. The minimum atomic E-state index is -0.997. The van der Waals surface area contributed by atoms with Gasteiger partial charge in [-0.3, -0.25) is 4.79 Å². The van der Waals surface area contributed by atoms with Gasteiger partial charge in [0.05, 0.1) is 23.5 Å². The first-order chi connectivity index (χ1) is 25.5. The van der Waals surface area contributed by atoms with Crippen LogP contribution in [0.3, 0.4) is 0 Å². The highest BCUT2D eigenvalue weighted by molar-refractivity contribution is 8.00. The van der Waals surface area contributed by atoms with Crippen molar-refractivity contribution >= 4 is 23.8 Å². The van der Waals surface area contributed by atoms with E-state index < -0.39 is 5.79 Å². The summed E-state index contributed by atoms with van der Waals surface area (Å²) >= 11 is 1.82. The van der Waals surface area contributed by atoms with E-state index in [4.69, 9.17) is 24.2 Å². The number of hydrogen-bond donors (Lipinski definition) is 2. The molecule has 0 aromatic heterocycles. The van der Waals surface area contributed by atoms with E-state index in [1.807, 2.05) is 66.4 Å². The summed E-state index contributed by atoms with van der Waals surface area (Å²) < 4.78 is 20.5. The Morgan fingerprint density at radius 1 is 0.981 bits per heavy atom. The maximum absolute atomic E-state index is 11.5. The Bertz CT molecular complexity index is 1710. The maximum Gasteiger partial charge on any atom is 0.230 e. The van der Waals surface area contributed by atoms with E-state index in [2.05, 4.69) is 25.6 Å².